The van der Waals surface area contributed by atoms with E-state index in [1.165, 1.54) is 19.2 Å². The van der Waals surface area contributed by atoms with Crippen molar-refractivity contribution in [2.75, 3.05) is 20.3 Å². The minimum atomic E-state index is -0.326. The zero-order chi connectivity index (χ0) is 18.5. The molecule has 2 aromatic rings. The first kappa shape index (κ1) is 18.8. The number of nitrogens with one attached hydrogen (secondary N) is 1. The molecular weight excluding hydrogens is 359 g/mol. The van der Waals surface area contributed by atoms with Gasteiger partial charge in [0, 0.05) is 38.3 Å². The topological polar surface area (TPSA) is 59.4 Å². The lowest BCUT2D eigenvalue weighted by Gasteiger charge is -2.20. The molecule has 0 unspecified atom stereocenters. The van der Waals surface area contributed by atoms with Gasteiger partial charge in [0.2, 0.25) is 5.91 Å². The van der Waals surface area contributed by atoms with Gasteiger partial charge in [0.1, 0.15) is 12.4 Å². The van der Waals surface area contributed by atoms with Crippen molar-refractivity contribution in [1.29, 1.82) is 0 Å². The van der Waals surface area contributed by atoms with E-state index in [1.807, 2.05) is 10.7 Å². The highest BCUT2D eigenvalue weighted by atomic mass is 35.5. The Morgan fingerprint density at radius 2 is 2.23 bits per heavy atom. The van der Waals surface area contributed by atoms with Crippen LogP contribution in [0.3, 0.4) is 0 Å². The Kier molecular flexibility index (Phi) is 6.24. The van der Waals surface area contributed by atoms with Gasteiger partial charge in [-0.3, -0.25) is 14.4 Å². The number of aryl methyl sites for hydroxylation is 1. The lowest BCUT2D eigenvalue weighted by atomic mass is 10.2. The number of fused-ring (bicyclic) bond motifs is 1. The van der Waals surface area contributed by atoms with Gasteiger partial charge in [-0.1, -0.05) is 17.7 Å². The standard InChI is InChI=1S/C18H22ClFN4O2/c1-26-12-18(25)21-9-15-8-16-11-23(5-2-6-24(16)22-15)10-13-3-4-14(20)7-17(13)19/h3-4,7-8H,2,5-6,9-12H2,1H3,(H,21,25). The van der Waals surface area contributed by atoms with Gasteiger partial charge in [0.05, 0.1) is 17.9 Å². The molecule has 0 aliphatic carbocycles. The summed E-state index contributed by atoms with van der Waals surface area (Å²) in [7, 11) is 1.49. The fraction of sp³-hybridized carbons (Fsp3) is 0.444. The molecule has 1 aromatic heterocycles. The fourth-order valence-corrected chi connectivity index (χ4v) is 3.30. The first-order chi connectivity index (χ1) is 12.5. The molecule has 1 aliphatic rings. The van der Waals surface area contributed by atoms with Crippen LogP contribution in [0.4, 0.5) is 4.39 Å². The van der Waals surface area contributed by atoms with Gasteiger partial charge in [-0.05, 0) is 30.2 Å². The second-order valence-corrected chi connectivity index (χ2v) is 6.77. The van der Waals surface area contributed by atoms with Gasteiger partial charge in [0.25, 0.3) is 0 Å². The minimum absolute atomic E-state index is 0.0414. The van der Waals surface area contributed by atoms with Crippen LogP contribution in [0.1, 0.15) is 23.4 Å². The third kappa shape index (κ3) is 4.81. The van der Waals surface area contributed by atoms with Crippen molar-refractivity contribution in [3.63, 3.8) is 0 Å². The molecule has 1 N–H and O–H groups in total. The predicted octanol–water partition coefficient (Wildman–Crippen LogP) is 2.34. The van der Waals surface area contributed by atoms with Gasteiger partial charge in [-0.2, -0.15) is 5.10 Å². The maximum absolute atomic E-state index is 13.2. The number of hydrogen-bond donors (Lipinski definition) is 1. The molecule has 0 bridgehead atoms. The molecule has 0 radical (unpaired) electrons. The Morgan fingerprint density at radius 3 is 3.00 bits per heavy atom. The molecule has 1 aromatic carbocycles. The highest BCUT2D eigenvalue weighted by Gasteiger charge is 2.18. The highest BCUT2D eigenvalue weighted by Crippen LogP contribution is 2.22. The maximum Gasteiger partial charge on any atom is 0.246 e. The molecule has 6 nitrogen and oxygen atoms in total. The summed E-state index contributed by atoms with van der Waals surface area (Å²) < 4.78 is 20.0. The number of amides is 1. The van der Waals surface area contributed by atoms with Crippen LogP contribution in [-0.4, -0.2) is 40.8 Å². The number of ether oxygens (including phenoxy) is 1. The molecule has 1 aliphatic heterocycles. The zero-order valence-corrected chi connectivity index (χ0v) is 15.4. The summed E-state index contributed by atoms with van der Waals surface area (Å²) in [5.41, 5.74) is 2.83. The van der Waals surface area contributed by atoms with Crippen LogP contribution in [0.15, 0.2) is 24.3 Å². The molecule has 2 heterocycles. The van der Waals surface area contributed by atoms with Crippen LogP contribution in [-0.2, 0) is 35.7 Å². The minimum Gasteiger partial charge on any atom is -0.375 e. The molecule has 0 saturated carbocycles. The van der Waals surface area contributed by atoms with Gasteiger partial charge in [-0.25, -0.2) is 4.39 Å². The van der Waals surface area contributed by atoms with E-state index in [-0.39, 0.29) is 18.3 Å². The average Bonchev–Trinajstić information content (AvgIpc) is 2.88. The Hall–Kier alpha value is -1.96. The number of methoxy groups -OCH3 is 1. The average molecular weight is 381 g/mol. The van der Waals surface area contributed by atoms with Gasteiger partial charge >= 0.3 is 0 Å². The normalized spacial score (nSPS) is 14.7. The smallest absolute Gasteiger partial charge is 0.246 e. The molecule has 0 atom stereocenters. The van der Waals surface area contributed by atoms with Crippen LogP contribution >= 0.6 is 11.6 Å². The fourth-order valence-electron chi connectivity index (χ4n) is 3.07. The molecular formula is C18H22ClFN4O2. The quantitative estimate of drug-likeness (QED) is 0.835. The molecule has 0 spiro atoms. The molecule has 8 heteroatoms. The van der Waals surface area contributed by atoms with E-state index in [2.05, 4.69) is 15.3 Å². The first-order valence-electron chi connectivity index (χ1n) is 8.52. The largest absolute Gasteiger partial charge is 0.375 e. The third-order valence-electron chi connectivity index (χ3n) is 4.29. The van der Waals surface area contributed by atoms with Crippen LogP contribution in [0.2, 0.25) is 5.02 Å². The highest BCUT2D eigenvalue weighted by molar-refractivity contribution is 6.31. The van der Waals surface area contributed by atoms with Crippen molar-refractivity contribution >= 4 is 17.5 Å². The lowest BCUT2D eigenvalue weighted by molar-refractivity contribution is -0.124. The van der Waals surface area contributed by atoms with E-state index in [9.17, 15) is 9.18 Å². The number of halogens is 2. The Balaban J connectivity index is 1.64. The molecule has 3 rings (SSSR count). The Labute approximate surface area is 156 Å². The van der Waals surface area contributed by atoms with Gasteiger partial charge < -0.3 is 10.1 Å². The van der Waals surface area contributed by atoms with Crippen molar-refractivity contribution in [3.05, 3.63) is 52.1 Å². The number of hydrogen-bond acceptors (Lipinski definition) is 4. The first-order valence-corrected chi connectivity index (χ1v) is 8.90. The van der Waals surface area contributed by atoms with E-state index in [0.717, 1.165) is 43.0 Å². The van der Waals surface area contributed by atoms with E-state index >= 15 is 0 Å². The Morgan fingerprint density at radius 1 is 1.38 bits per heavy atom. The van der Waals surface area contributed by atoms with Crippen molar-refractivity contribution in [2.24, 2.45) is 0 Å². The number of carbonyl (C=O) groups is 1. The lowest BCUT2D eigenvalue weighted by Crippen LogP contribution is -2.26. The number of benzene rings is 1. The summed E-state index contributed by atoms with van der Waals surface area (Å²) in [5, 5.41) is 7.80. The van der Waals surface area contributed by atoms with E-state index in [0.29, 0.717) is 18.1 Å². The third-order valence-corrected chi connectivity index (χ3v) is 4.65. The maximum atomic E-state index is 13.2. The van der Waals surface area contributed by atoms with E-state index in [4.69, 9.17) is 16.3 Å². The summed E-state index contributed by atoms with van der Waals surface area (Å²) in [6.45, 7) is 3.55. The number of nitrogens with zero attached hydrogens (tertiary/aromatic N) is 3. The molecule has 26 heavy (non-hydrogen) atoms. The van der Waals surface area contributed by atoms with Gasteiger partial charge in [0.15, 0.2) is 0 Å². The predicted molar refractivity (Wildman–Crippen MR) is 96.1 cm³/mol. The molecule has 140 valence electrons. The van der Waals surface area contributed by atoms with Gasteiger partial charge in [-0.15, -0.1) is 0 Å². The second kappa shape index (κ2) is 8.62. The van der Waals surface area contributed by atoms with Crippen LogP contribution in [0.5, 0.6) is 0 Å². The molecule has 0 fully saturated rings. The zero-order valence-electron chi connectivity index (χ0n) is 14.7. The van der Waals surface area contributed by atoms with E-state index in [1.54, 1.807) is 6.07 Å². The summed E-state index contributed by atoms with van der Waals surface area (Å²) in [6.07, 6.45) is 0.961. The molecule has 0 saturated heterocycles. The summed E-state index contributed by atoms with van der Waals surface area (Å²) >= 11 is 6.16. The monoisotopic (exact) mass is 380 g/mol. The van der Waals surface area contributed by atoms with E-state index < -0.39 is 0 Å². The van der Waals surface area contributed by atoms with Crippen LogP contribution < -0.4 is 5.32 Å². The summed E-state index contributed by atoms with van der Waals surface area (Å²) in [6, 6.07) is 6.53. The number of aromatic nitrogens is 2. The molecule has 1 amide bonds. The number of rotatable bonds is 6. The van der Waals surface area contributed by atoms with Crippen molar-refractivity contribution in [1.82, 2.24) is 20.0 Å². The van der Waals surface area contributed by atoms with Crippen LogP contribution in [0.25, 0.3) is 0 Å². The second-order valence-electron chi connectivity index (χ2n) is 6.36. The summed E-state index contributed by atoms with van der Waals surface area (Å²) in [4.78, 5) is 13.8. The van der Waals surface area contributed by atoms with Crippen molar-refractivity contribution in [2.45, 2.75) is 32.6 Å². The summed E-state index contributed by atoms with van der Waals surface area (Å²) in [5.74, 6) is -0.490. The van der Waals surface area contributed by atoms with Crippen molar-refractivity contribution in [3.8, 4) is 0 Å². The number of carbonyl (C=O) groups excluding carboxylic acids is 1. The van der Waals surface area contributed by atoms with Crippen molar-refractivity contribution < 1.29 is 13.9 Å². The Bertz CT molecular complexity index is 781. The van der Waals surface area contributed by atoms with Crippen LogP contribution in [0, 0.1) is 5.82 Å². The SMILES string of the molecule is COCC(=O)NCc1cc2n(n1)CCCN(Cc1ccc(F)cc1Cl)C2.